The molecule has 8 nitrogen and oxygen atoms in total. The lowest BCUT2D eigenvalue weighted by Gasteiger charge is -2.22. The minimum Gasteiger partial charge on any atom is -0.383 e. The molecule has 0 fully saturated rings. The molecule has 0 spiro atoms. The Morgan fingerprint density at radius 1 is 0.935 bits per heavy atom. The van der Waals surface area contributed by atoms with Crippen molar-refractivity contribution < 1.29 is 9.59 Å². The first-order chi connectivity index (χ1) is 14.6. The topological polar surface area (TPSA) is 117 Å². The van der Waals surface area contributed by atoms with Gasteiger partial charge in [-0.15, -0.1) is 12.4 Å². The molecule has 0 radical (unpaired) electrons. The minimum atomic E-state index is -0.760. The van der Waals surface area contributed by atoms with Crippen LogP contribution in [0.3, 0.4) is 0 Å². The average molecular weight is 437 g/mol. The number of H-pyrrole nitrogens is 1. The van der Waals surface area contributed by atoms with E-state index in [1.807, 2.05) is 60.7 Å². The number of hydrogen-bond donors (Lipinski definition) is 3. The van der Waals surface area contributed by atoms with Crippen LogP contribution in [0.4, 0.5) is 11.5 Å². The summed E-state index contributed by atoms with van der Waals surface area (Å²) < 4.78 is 0. The molecule has 0 atom stereocenters. The monoisotopic (exact) mass is 436 g/mol. The molecular weight excluding hydrogens is 416 g/mol. The number of nitrogens with zero attached hydrogens (tertiary/aromatic N) is 3. The molecule has 31 heavy (non-hydrogen) atoms. The molecule has 2 aromatic carbocycles. The van der Waals surface area contributed by atoms with E-state index in [1.165, 1.54) is 17.3 Å². The Labute approximate surface area is 184 Å². The Morgan fingerprint density at radius 2 is 1.52 bits per heavy atom. The molecule has 2 heterocycles. The molecule has 4 aromatic rings. The highest BCUT2D eigenvalue weighted by Gasteiger charge is 2.23. The molecule has 0 unspecified atom stereocenters. The molecule has 2 amide bonds. The SMILES string of the molecule is Cl.Nc1ncc(NC(=O)C(=O)N(Cc2ccccc2)Cc2ccccc2)c2[nH]ncc12. The molecule has 158 valence electrons. The van der Waals surface area contributed by atoms with Gasteiger partial charge in [-0.05, 0) is 11.1 Å². The van der Waals surface area contributed by atoms with Gasteiger partial charge >= 0.3 is 11.8 Å². The summed E-state index contributed by atoms with van der Waals surface area (Å²) in [6.45, 7) is 0.614. The predicted octanol–water partition coefficient (Wildman–Crippen LogP) is 3.13. The third-order valence-corrected chi connectivity index (χ3v) is 4.68. The highest BCUT2D eigenvalue weighted by Crippen LogP contribution is 2.24. The number of carbonyl (C=O) groups is 2. The number of aromatic nitrogens is 3. The number of pyridine rings is 1. The number of carbonyl (C=O) groups excluding carboxylic acids is 2. The Bertz CT molecular complexity index is 1140. The highest BCUT2D eigenvalue weighted by atomic mass is 35.5. The van der Waals surface area contributed by atoms with Crippen LogP contribution < -0.4 is 11.1 Å². The summed E-state index contributed by atoms with van der Waals surface area (Å²) in [5, 5.41) is 9.91. The second-order valence-corrected chi connectivity index (χ2v) is 6.80. The number of hydrogen-bond acceptors (Lipinski definition) is 5. The van der Waals surface area contributed by atoms with E-state index in [4.69, 9.17) is 5.73 Å². The van der Waals surface area contributed by atoms with E-state index >= 15 is 0 Å². The first kappa shape index (κ1) is 21.8. The van der Waals surface area contributed by atoms with Gasteiger partial charge in [0, 0.05) is 13.1 Å². The highest BCUT2D eigenvalue weighted by molar-refractivity contribution is 6.40. The van der Waals surface area contributed by atoms with Gasteiger partial charge in [0.1, 0.15) is 5.82 Å². The van der Waals surface area contributed by atoms with E-state index in [0.29, 0.717) is 29.7 Å². The lowest BCUT2D eigenvalue weighted by atomic mass is 10.1. The smallest absolute Gasteiger partial charge is 0.314 e. The van der Waals surface area contributed by atoms with E-state index in [9.17, 15) is 9.59 Å². The first-order valence-electron chi connectivity index (χ1n) is 9.37. The summed E-state index contributed by atoms with van der Waals surface area (Å²) in [7, 11) is 0. The first-order valence-corrected chi connectivity index (χ1v) is 9.37. The Hall–Kier alpha value is -3.91. The third kappa shape index (κ3) is 4.99. The van der Waals surface area contributed by atoms with Gasteiger partial charge in [-0.1, -0.05) is 60.7 Å². The van der Waals surface area contributed by atoms with Gasteiger partial charge < -0.3 is 16.0 Å². The fourth-order valence-corrected chi connectivity index (χ4v) is 3.18. The number of benzene rings is 2. The summed E-state index contributed by atoms with van der Waals surface area (Å²) >= 11 is 0. The van der Waals surface area contributed by atoms with Crippen LogP contribution in [0, 0.1) is 0 Å². The number of halogens is 1. The van der Waals surface area contributed by atoms with Gasteiger partial charge in [-0.25, -0.2) is 4.98 Å². The van der Waals surface area contributed by atoms with Crippen LogP contribution in [0.5, 0.6) is 0 Å². The van der Waals surface area contributed by atoms with Gasteiger partial charge in [0.2, 0.25) is 0 Å². The zero-order valence-corrected chi connectivity index (χ0v) is 17.3. The number of anilines is 2. The Balaban J connectivity index is 0.00000272. The molecule has 0 bridgehead atoms. The second kappa shape index (κ2) is 9.73. The van der Waals surface area contributed by atoms with Gasteiger partial charge in [0.05, 0.1) is 29.0 Å². The Kier molecular flexibility index (Phi) is 6.84. The largest absolute Gasteiger partial charge is 0.383 e. The van der Waals surface area contributed by atoms with Crippen molar-refractivity contribution in [3.8, 4) is 0 Å². The standard InChI is InChI=1S/C22H20N6O2.ClH/c23-20-17-11-25-27-19(17)18(12-24-20)26-21(29)22(30)28(13-15-7-3-1-4-8-15)14-16-9-5-2-6-10-16;/h1-12H,13-14H2,(H2,23,24)(H,25,27)(H,26,29);1H. The molecule has 4 N–H and O–H groups in total. The summed E-state index contributed by atoms with van der Waals surface area (Å²) in [6, 6.07) is 19.1. The second-order valence-electron chi connectivity index (χ2n) is 6.80. The number of fused-ring (bicyclic) bond motifs is 1. The van der Waals surface area contributed by atoms with Crippen molar-refractivity contribution in [3.63, 3.8) is 0 Å². The van der Waals surface area contributed by atoms with Crippen molar-refractivity contribution in [2.24, 2.45) is 0 Å². The molecule has 0 saturated heterocycles. The number of nitrogens with one attached hydrogen (secondary N) is 2. The van der Waals surface area contributed by atoms with Gasteiger partial charge in [0.15, 0.2) is 0 Å². The normalized spacial score (nSPS) is 10.3. The van der Waals surface area contributed by atoms with E-state index in [1.54, 1.807) is 0 Å². The summed E-state index contributed by atoms with van der Waals surface area (Å²) in [5.41, 5.74) is 8.54. The van der Waals surface area contributed by atoms with Crippen molar-refractivity contribution in [1.29, 1.82) is 0 Å². The lowest BCUT2D eigenvalue weighted by Crippen LogP contribution is -2.39. The Morgan fingerprint density at radius 3 is 2.10 bits per heavy atom. The van der Waals surface area contributed by atoms with Crippen LogP contribution in [0.2, 0.25) is 0 Å². The zero-order chi connectivity index (χ0) is 20.9. The van der Waals surface area contributed by atoms with E-state index in [-0.39, 0.29) is 18.2 Å². The maximum absolute atomic E-state index is 13.0. The quantitative estimate of drug-likeness (QED) is 0.415. The van der Waals surface area contributed by atoms with Crippen molar-refractivity contribution in [3.05, 3.63) is 84.2 Å². The summed E-state index contributed by atoms with van der Waals surface area (Å²) in [4.78, 5) is 31.4. The third-order valence-electron chi connectivity index (χ3n) is 4.68. The van der Waals surface area contributed by atoms with Crippen molar-refractivity contribution in [2.45, 2.75) is 13.1 Å². The number of nitrogens with two attached hydrogens (primary N) is 1. The number of rotatable bonds is 5. The van der Waals surface area contributed by atoms with Crippen molar-refractivity contribution >= 4 is 46.6 Å². The molecular formula is C22H21ClN6O2. The molecule has 0 saturated carbocycles. The maximum atomic E-state index is 13.0. The van der Waals surface area contributed by atoms with Gasteiger partial charge in [-0.2, -0.15) is 5.10 Å². The molecule has 0 aliphatic rings. The maximum Gasteiger partial charge on any atom is 0.314 e. The van der Waals surface area contributed by atoms with Crippen LogP contribution in [0.15, 0.2) is 73.1 Å². The van der Waals surface area contributed by atoms with Crippen molar-refractivity contribution in [2.75, 3.05) is 11.1 Å². The molecule has 0 aliphatic heterocycles. The number of amides is 2. The van der Waals surface area contributed by atoms with Crippen LogP contribution in [-0.2, 0) is 22.7 Å². The molecule has 4 rings (SSSR count). The van der Waals surface area contributed by atoms with Gasteiger partial charge in [0.25, 0.3) is 0 Å². The van der Waals surface area contributed by atoms with E-state index in [0.717, 1.165) is 11.1 Å². The fourth-order valence-electron chi connectivity index (χ4n) is 3.18. The number of nitrogen functional groups attached to an aromatic ring is 1. The molecule has 2 aromatic heterocycles. The minimum absolute atomic E-state index is 0. The molecule has 0 aliphatic carbocycles. The average Bonchev–Trinajstić information content (AvgIpc) is 3.27. The lowest BCUT2D eigenvalue weighted by molar-refractivity contribution is -0.144. The summed E-state index contributed by atoms with van der Waals surface area (Å²) in [6.07, 6.45) is 2.92. The molecule has 9 heteroatoms. The van der Waals surface area contributed by atoms with Crippen molar-refractivity contribution in [1.82, 2.24) is 20.1 Å². The predicted molar refractivity (Wildman–Crippen MR) is 121 cm³/mol. The van der Waals surface area contributed by atoms with Crippen LogP contribution in [-0.4, -0.2) is 31.9 Å². The number of aromatic amines is 1. The van der Waals surface area contributed by atoms with Crippen LogP contribution in [0.25, 0.3) is 10.9 Å². The van der Waals surface area contributed by atoms with E-state index in [2.05, 4.69) is 20.5 Å². The van der Waals surface area contributed by atoms with Crippen LogP contribution in [0.1, 0.15) is 11.1 Å². The van der Waals surface area contributed by atoms with Gasteiger partial charge in [-0.3, -0.25) is 14.7 Å². The fraction of sp³-hybridized carbons (Fsp3) is 0.0909. The van der Waals surface area contributed by atoms with E-state index < -0.39 is 11.8 Å². The summed E-state index contributed by atoms with van der Waals surface area (Å²) in [5.74, 6) is -1.12. The zero-order valence-electron chi connectivity index (χ0n) is 16.5. The van der Waals surface area contributed by atoms with Crippen LogP contribution >= 0.6 is 12.4 Å².